The van der Waals surface area contributed by atoms with E-state index in [1.54, 1.807) is 0 Å². The topological polar surface area (TPSA) is 100 Å². The van der Waals surface area contributed by atoms with Gasteiger partial charge < -0.3 is 15.2 Å². The number of ether oxygens (including phenoxy) is 1. The normalized spacial score (nSPS) is 19.2. The van der Waals surface area contributed by atoms with Crippen LogP contribution in [0, 0.1) is 5.82 Å². The molecule has 1 aromatic rings. The first-order valence-corrected chi connectivity index (χ1v) is 7.28. The number of hydrogen-bond donors (Lipinski definition) is 2. The van der Waals surface area contributed by atoms with Gasteiger partial charge in [0.05, 0.1) is 12.6 Å². The van der Waals surface area contributed by atoms with Gasteiger partial charge in [-0.25, -0.2) is 4.39 Å². The number of carbonyl (C=O) groups excluding carboxylic acids is 1. The predicted molar refractivity (Wildman–Crippen MR) is 79.8 cm³/mol. The van der Waals surface area contributed by atoms with Gasteiger partial charge in [-0.2, -0.15) is 13.9 Å². The summed E-state index contributed by atoms with van der Waals surface area (Å²) in [4.78, 5) is 22.1. The summed E-state index contributed by atoms with van der Waals surface area (Å²) in [5.41, 5.74) is -0.145. The van der Waals surface area contributed by atoms with Crippen molar-refractivity contribution in [3.63, 3.8) is 0 Å². The third-order valence-corrected chi connectivity index (χ3v) is 3.76. The molecule has 24 heavy (non-hydrogen) atoms. The van der Waals surface area contributed by atoms with Crippen LogP contribution in [0.3, 0.4) is 0 Å². The maximum Gasteiger partial charge on any atom is 0.387 e. The Morgan fingerprint density at radius 2 is 2.25 bits per heavy atom. The first-order chi connectivity index (χ1) is 11.4. The Kier molecular flexibility index (Phi) is 5.79. The van der Waals surface area contributed by atoms with Gasteiger partial charge in [-0.15, -0.1) is 5.10 Å². The molecular formula is C13H10F3N3O4S. The number of thioether (sulfide) groups is 1. The van der Waals surface area contributed by atoms with Gasteiger partial charge in [0.25, 0.3) is 0 Å². The van der Waals surface area contributed by atoms with Gasteiger partial charge in [-0.3, -0.25) is 9.59 Å². The Bertz CT molecular complexity index is 712. The van der Waals surface area contributed by atoms with Crippen molar-refractivity contribution in [3.8, 4) is 5.75 Å². The molecule has 0 bridgehead atoms. The third-order valence-electron chi connectivity index (χ3n) is 2.69. The van der Waals surface area contributed by atoms with Gasteiger partial charge in [0.15, 0.2) is 16.7 Å². The molecule has 1 aromatic carbocycles. The second-order valence-electron chi connectivity index (χ2n) is 4.38. The van der Waals surface area contributed by atoms with E-state index in [-0.39, 0.29) is 17.2 Å². The molecule has 2 N–H and O–H groups in total. The molecule has 1 aliphatic heterocycles. The average Bonchev–Trinajstić information content (AvgIpc) is 2.82. The molecule has 7 nitrogen and oxygen atoms in total. The minimum atomic E-state index is -3.16. The number of nitrogens with zero attached hydrogens (tertiary/aromatic N) is 2. The number of amides is 1. The number of amidine groups is 1. The molecule has 11 heteroatoms. The summed E-state index contributed by atoms with van der Waals surface area (Å²) in [6, 6.07) is 3.60. The fourth-order valence-electron chi connectivity index (χ4n) is 1.70. The number of aliphatic carboxylic acids is 1. The van der Waals surface area contributed by atoms with E-state index in [1.807, 2.05) is 0 Å². The van der Waals surface area contributed by atoms with Crippen molar-refractivity contribution in [1.29, 1.82) is 0 Å². The fraction of sp³-hybridized carbons (Fsp3) is 0.231. The van der Waals surface area contributed by atoms with E-state index in [2.05, 4.69) is 20.3 Å². The zero-order valence-corrected chi connectivity index (χ0v) is 12.6. The van der Waals surface area contributed by atoms with Gasteiger partial charge in [-0.05, 0) is 6.07 Å². The second-order valence-corrected chi connectivity index (χ2v) is 5.57. The minimum absolute atomic E-state index is 0.0582. The first-order valence-electron chi connectivity index (χ1n) is 6.40. The summed E-state index contributed by atoms with van der Waals surface area (Å²) < 4.78 is 42.1. The molecule has 1 fully saturated rings. The van der Waals surface area contributed by atoms with E-state index >= 15 is 0 Å². The largest absolute Gasteiger partial charge is 0.481 e. The van der Waals surface area contributed by atoms with Crippen LogP contribution in [0.5, 0.6) is 5.75 Å². The summed E-state index contributed by atoms with van der Waals surface area (Å²) in [5, 5.41) is 17.4. The third kappa shape index (κ3) is 4.72. The van der Waals surface area contributed by atoms with Gasteiger partial charge in [-0.1, -0.05) is 23.9 Å². The standard InChI is InChI=1S/C13H10F3N3O4S/c14-10-6(2-1-3-7(10)23-12(15)16)5-17-19-13-18-11(22)8(24-13)4-9(20)21/h1-3,5,8,12H,4H2,(H,20,21)(H,18,19,22). The van der Waals surface area contributed by atoms with E-state index in [0.29, 0.717) is 0 Å². The number of alkyl halides is 2. The molecule has 1 heterocycles. The fourth-order valence-corrected chi connectivity index (χ4v) is 2.62. The number of rotatable bonds is 6. The lowest BCUT2D eigenvalue weighted by Crippen LogP contribution is -2.26. The van der Waals surface area contributed by atoms with Gasteiger partial charge in [0.1, 0.15) is 5.25 Å². The maximum absolute atomic E-state index is 13.9. The first kappa shape index (κ1) is 17.8. The molecule has 0 radical (unpaired) electrons. The predicted octanol–water partition coefficient (Wildman–Crippen LogP) is 1.82. The van der Waals surface area contributed by atoms with E-state index < -0.39 is 35.3 Å². The Labute approximate surface area is 137 Å². The van der Waals surface area contributed by atoms with Crippen molar-refractivity contribution in [2.24, 2.45) is 10.2 Å². The monoisotopic (exact) mass is 361 g/mol. The quantitative estimate of drug-likeness (QED) is 0.595. The molecule has 1 unspecified atom stereocenters. The van der Waals surface area contributed by atoms with Crippen LogP contribution in [0.25, 0.3) is 0 Å². The van der Waals surface area contributed by atoms with Gasteiger partial charge >= 0.3 is 12.6 Å². The van der Waals surface area contributed by atoms with Crippen LogP contribution in [0.2, 0.25) is 0 Å². The number of carboxylic acid groups (broad SMARTS) is 1. The van der Waals surface area contributed by atoms with E-state index in [4.69, 9.17) is 5.11 Å². The smallest absolute Gasteiger partial charge is 0.387 e. The van der Waals surface area contributed by atoms with Crippen LogP contribution < -0.4 is 10.1 Å². The SMILES string of the molecule is O=C(O)CC1SC(=NN=Cc2cccc(OC(F)F)c2F)NC1=O. The lowest BCUT2D eigenvalue weighted by atomic mass is 10.2. The van der Waals surface area contributed by atoms with Crippen molar-refractivity contribution in [3.05, 3.63) is 29.6 Å². The highest BCUT2D eigenvalue weighted by Gasteiger charge is 2.32. The van der Waals surface area contributed by atoms with E-state index in [1.165, 1.54) is 12.1 Å². The molecule has 128 valence electrons. The number of carboxylic acids is 1. The van der Waals surface area contributed by atoms with Crippen molar-refractivity contribution in [1.82, 2.24) is 5.32 Å². The molecular weight excluding hydrogens is 351 g/mol. The number of carbonyl (C=O) groups is 2. The molecule has 1 saturated heterocycles. The Morgan fingerprint density at radius 3 is 2.92 bits per heavy atom. The Morgan fingerprint density at radius 1 is 1.50 bits per heavy atom. The minimum Gasteiger partial charge on any atom is -0.481 e. The summed E-state index contributed by atoms with van der Waals surface area (Å²) in [6.07, 6.45) is 0.582. The second kappa shape index (κ2) is 7.81. The molecule has 1 atom stereocenters. The molecule has 2 rings (SSSR count). The highest BCUT2D eigenvalue weighted by molar-refractivity contribution is 8.15. The number of nitrogens with one attached hydrogen (secondary N) is 1. The van der Waals surface area contributed by atoms with Gasteiger partial charge in [0, 0.05) is 5.56 Å². The summed E-state index contributed by atoms with van der Waals surface area (Å²) in [7, 11) is 0. The summed E-state index contributed by atoms with van der Waals surface area (Å²) >= 11 is 0.875. The van der Waals surface area contributed by atoms with Crippen LogP contribution in [0.1, 0.15) is 12.0 Å². The van der Waals surface area contributed by atoms with Crippen molar-refractivity contribution in [2.45, 2.75) is 18.3 Å². The van der Waals surface area contributed by atoms with Gasteiger partial charge in [0.2, 0.25) is 5.91 Å². The van der Waals surface area contributed by atoms with Crippen LogP contribution in [0.15, 0.2) is 28.4 Å². The van der Waals surface area contributed by atoms with E-state index in [0.717, 1.165) is 24.0 Å². The lowest BCUT2D eigenvalue weighted by molar-refractivity contribution is -0.138. The molecule has 0 aliphatic carbocycles. The molecule has 0 saturated carbocycles. The number of benzene rings is 1. The lowest BCUT2D eigenvalue weighted by Gasteiger charge is -2.06. The summed E-state index contributed by atoms with van der Waals surface area (Å²) in [5.74, 6) is -3.32. The van der Waals surface area contributed by atoms with Crippen LogP contribution in [0.4, 0.5) is 13.2 Å². The Balaban J connectivity index is 2.07. The Hall–Kier alpha value is -2.56. The molecule has 0 spiro atoms. The van der Waals surface area contributed by atoms with Crippen LogP contribution in [-0.2, 0) is 9.59 Å². The highest BCUT2D eigenvalue weighted by atomic mass is 32.2. The molecule has 0 aromatic heterocycles. The van der Waals surface area contributed by atoms with Crippen molar-refractivity contribution in [2.75, 3.05) is 0 Å². The van der Waals surface area contributed by atoms with Crippen molar-refractivity contribution < 1.29 is 32.6 Å². The molecule has 1 amide bonds. The van der Waals surface area contributed by atoms with Crippen molar-refractivity contribution >= 4 is 35.0 Å². The number of hydrogen-bond acceptors (Lipinski definition) is 6. The van der Waals surface area contributed by atoms with Crippen LogP contribution >= 0.6 is 11.8 Å². The zero-order valence-electron chi connectivity index (χ0n) is 11.8. The van der Waals surface area contributed by atoms with E-state index in [9.17, 15) is 22.8 Å². The number of halogens is 3. The maximum atomic E-state index is 13.9. The average molecular weight is 361 g/mol. The zero-order chi connectivity index (χ0) is 17.7. The summed E-state index contributed by atoms with van der Waals surface area (Å²) in [6.45, 7) is -3.16. The van der Waals surface area contributed by atoms with Crippen LogP contribution in [-0.4, -0.2) is 40.2 Å². The molecule has 1 aliphatic rings. The highest BCUT2D eigenvalue weighted by Crippen LogP contribution is 2.23.